The van der Waals surface area contributed by atoms with Gasteiger partial charge in [0.05, 0.1) is 19.2 Å². The molecule has 0 fully saturated rings. The minimum atomic E-state index is -2.71. The Morgan fingerprint density at radius 3 is 2.76 bits per heavy atom. The third kappa shape index (κ3) is 3.56. The van der Waals surface area contributed by atoms with Gasteiger partial charge >= 0.3 is 5.97 Å². The third-order valence-corrected chi connectivity index (χ3v) is 2.72. The number of hydrogen-bond donors (Lipinski definition) is 1. The number of aromatic nitrogens is 1. The van der Waals surface area contributed by atoms with Crippen LogP contribution in [-0.2, 0) is 22.5 Å². The highest BCUT2D eigenvalue weighted by Crippen LogP contribution is 2.27. The number of carbonyl (C=O) groups is 1. The lowest BCUT2D eigenvalue weighted by molar-refractivity contribution is -0.139. The zero-order valence-corrected chi connectivity index (χ0v) is 11.2. The van der Waals surface area contributed by atoms with Crippen LogP contribution in [0.4, 0.5) is 8.78 Å². The summed E-state index contributed by atoms with van der Waals surface area (Å²) in [5.74, 6) is -0.572. The van der Waals surface area contributed by atoms with Gasteiger partial charge in [-0.1, -0.05) is 0 Å². The second kappa shape index (κ2) is 6.20. The average molecular weight is 356 g/mol. The van der Waals surface area contributed by atoms with E-state index in [2.05, 4.69) is 9.72 Å². The summed E-state index contributed by atoms with van der Waals surface area (Å²) in [6, 6.07) is 1.44. The van der Waals surface area contributed by atoms with Crippen molar-refractivity contribution in [1.82, 2.24) is 4.98 Å². The predicted octanol–water partition coefficient (Wildman–Crippen LogP) is 1.80. The first kappa shape index (κ1) is 14.2. The van der Waals surface area contributed by atoms with Crippen LogP contribution in [-0.4, -0.2) is 18.1 Å². The van der Waals surface area contributed by atoms with E-state index < -0.39 is 12.4 Å². The van der Waals surface area contributed by atoms with Gasteiger partial charge in [0.1, 0.15) is 3.70 Å². The van der Waals surface area contributed by atoms with Crippen molar-refractivity contribution in [2.75, 3.05) is 7.11 Å². The summed E-state index contributed by atoms with van der Waals surface area (Å²) in [5, 5.41) is 0. The van der Waals surface area contributed by atoms with Crippen LogP contribution >= 0.6 is 22.6 Å². The number of methoxy groups -OCH3 is 1. The van der Waals surface area contributed by atoms with Gasteiger partial charge in [0.2, 0.25) is 0 Å². The first-order chi connectivity index (χ1) is 7.99. The molecule has 0 bridgehead atoms. The minimum absolute atomic E-state index is 0.0926. The van der Waals surface area contributed by atoms with E-state index in [1.165, 1.54) is 13.2 Å². The highest BCUT2D eigenvalue weighted by Gasteiger charge is 2.21. The molecule has 2 N–H and O–H groups in total. The van der Waals surface area contributed by atoms with Crippen molar-refractivity contribution in [3.63, 3.8) is 0 Å². The van der Waals surface area contributed by atoms with E-state index in [0.29, 0.717) is 3.70 Å². The highest BCUT2D eigenvalue weighted by atomic mass is 127. The number of esters is 1. The zero-order valence-electron chi connectivity index (χ0n) is 9.04. The Labute approximate surface area is 111 Å². The smallest absolute Gasteiger partial charge is 0.309 e. The fraction of sp³-hybridized carbons (Fsp3) is 0.400. The molecule has 0 aromatic carbocycles. The number of nitrogens with zero attached hydrogens (tertiary/aromatic N) is 1. The first-order valence-electron chi connectivity index (χ1n) is 4.72. The Hall–Kier alpha value is -0.830. The molecule has 0 amide bonds. The van der Waals surface area contributed by atoms with E-state index in [-0.39, 0.29) is 29.8 Å². The summed E-state index contributed by atoms with van der Waals surface area (Å²) >= 11 is 1.89. The maximum atomic E-state index is 12.9. The van der Waals surface area contributed by atoms with E-state index in [1.54, 1.807) is 0 Å². The SMILES string of the molecule is COC(=O)Cc1cc(I)nc(CN)c1C(F)F. The van der Waals surface area contributed by atoms with Crippen molar-refractivity contribution in [1.29, 1.82) is 0 Å². The highest BCUT2D eigenvalue weighted by molar-refractivity contribution is 14.1. The van der Waals surface area contributed by atoms with Crippen molar-refractivity contribution in [3.05, 3.63) is 26.6 Å². The number of carbonyl (C=O) groups excluding carboxylic acids is 1. The average Bonchev–Trinajstić information content (AvgIpc) is 2.27. The molecule has 0 aliphatic rings. The van der Waals surface area contributed by atoms with Crippen molar-refractivity contribution in [3.8, 4) is 0 Å². The number of pyridine rings is 1. The lowest BCUT2D eigenvalue weighted by atomic mass is 10.0. The first-order valence-corrected chi connectivity index (χ1v) is 5.80. The maximum absolute atomic E-state index is 12.9. The monoisotopic (exact) mass is 356 g/mol. The van der Waals surface area contributed by atoms with Crippen LogP contribution in [0.25, 0.3) is 0 Å². The molecule has 1 aromatic heterocycles. The van der Waals surface area contributed by atoms with Crippen LogP contribution in [0.2, 0.25) is 0 Å². The summed E-state index contributed by atoms with van der Waals surface area (Å²) in [6.07, 6.45) is -2.92. The summed E-state index contributed by atoms with van der Waals surface area (Å²) in [7, 11) is 1.21. The van der Waals surface area contributed by atoms with Crippen LogP contribution in [0.1, 0.15) is 23.2 Å². The molecule has 0 radical (unpaired) electrons. The number of ether oxygens (including phenoxy) is 1. The number of halogens is 3. The Balaban J connectivity index is 3.25. The topological polar surface area (TPSA) is 65.2 Å². The molecule has 0 aliphatic heterocycles. The third-order valence-electron chi connectivity index (χ3n) is 2.17. The summed E-state index contributed by atoms with van der Waals surface area (Å²) in [5.41, 5.74) is 5.44. The number of alkyl halides is 2. The van der Waals surface area contributed by atoms with Gasteiger partial charge < -0.3 is 10.5 Å². The van der Waals surface area contributed by atoms with Crippen LogP contribution in [0.15, 0.2) is 6.07 Å². The molecule has 0 spiro atoms. The molecular weight excluding hydrogens is 345 g/mol. The fourth-order valence-corrected chi connectivity index (χ4v) is 2.09. The van der Waals surface area contributed by atoms with Crippen molar-refractivity contribution >= 4 is 28.6 Å². The van der Waals surface area contributed by atoms with Gasteiger partial charge in [0.25, 0.3) is 6.43 Å². The minimum Gasteiger partial charge on any atom is -0.469 e. The number of rotatable bonds is 4. The van der Waals surface area contributed by atoms with Gasteiger partial charge in [-0.2, -0.15) is 0 Å². The summed E-state index contributed by atoms with van der Waals surface area (Å²) in [4.78, 5) is 15.1. The van der Waals surface area contributed by atoms with Gasteiger partial charge in [-0.25, -0.2) is 13.8 Å². The molecule has 1 heterocycles. The van der Waals surface area contributed by atoms with Gasteiger partial charge in [0, 0.05) is 12.1 Å². The molecule has 1 aromatic rings. The molecule has 0 saturated carbocycles. The van der Waals surface area contributed by atoms with Gasteiger partial charge in [0.15, 0.2) is 0 Å². The fourth-order valence-electron chi connectivity index (χ4n) is 1.42. The Morgan fingerprint density at radius 2 is 2.29 bits per heavy atom. The van der Waals surface area contributed by atoms with E-state index in [0.717, 1.165) is 0 Å². The molecule has 1 rings (SSSR count). The number of nitrogens with two attached hydrogens (primary N) is 1. The molecular formula is C10H11F2IN2O2. The van der Waals surface area contributed by atoms with E-state index >= 15 is 0 Å². The largest absolute Gasteiger partial charge is 0.469 e. The molecule has 0 saturated heterocycles. The van der Waals surface area contributed by atoms with Crippen LogP contribution in [0, 0.1) is 3.70 Å². The molecule has 94 valence electrons. The lowest BCUT2D eigenvalue weighted by Gasteiger charge is -2.12. The molecule has 4 nitrogen and oxygen atoms in total. The van der Waals surface area contributed by atoms with E-state index in [9.17, 15) is 13.6 Å². The summed E-state index contributed by atoms with van der Waals surface area (Å²) in [6.45, 7) is -0.0926. The normalized spacial score (nSPS) is 10.7. The van der Waals surface area contributed by atoms with Gasteiger partial charge in [-0.3, -0.25) is 4.79 Å². The van der Waals surface area contributed by atoms with Gasteiger partial charge in [-0.05, 0) is 34.2 Å². The van der Waals surface area contributed by atoms with Crippen molar-refractivity contribution < 1.29 is 18.3 Å². The summed E-state index contributed by atoms with van der Waals surface area (Å²) < 4.78 is 30.8. The van der Waals surface area contributed by atoms with Crippen LogP contribution in [0.3, 0.4) is 0 Å². The zero-order chi connectivity index (χ0) is 13.0. The van der Waals surface area contributed by atoms with E-state index in [1.807, 2.05) is 22.6 Å². The quantitative estimate of drug-likeness (QED) is 0.508. The Morgan fingerprint density at radius 1 is 1.65 bits per heavy atom. The predicted molar refractivity (Wildman–Crippen MR) is 65.5 cm³/mol. The molecule has 0 aliphatic carbocycles. The van der Waals surface area contributed by atoms with Crippen molar-refractivity contribution in [2.24, 2.45) is 5.73 Å². The van der Waals surface area contributed by atoms with Gasteiger partial charge in [-0.15, -0.1) is 0 Å². The maximum Gasteiger partial charge on any atom is 0.309 e. The van der Waals surface area contributed by atoms with Crippen molar-refractivity contribution in [2.45, 2.75) is 19.4 Å². The Kier molecular flexibility index (Phi) is 5.19. The molecule has 0 atom stereocenters. The van der Waals surface area contributed by atoms with Crippen LogP contribution < -0.4 is 5.73 Å². The molecule has 7 heteroatoms. The second-order valence-corrected chi connectivity index (χ2v) is 4.33. The lowest BCUT2D eigenvalue weighted by Crippen LogP contribution is -2.13. The standard InChI is InChI=1S/C10H11F2IN2O2/c1-17-8(16)3-5-2-7(13)15-6(4-14)9(5)10(11)12/h2,10H,3-4,14H2,1H3. The molecule has 17 heavy (non-hydrogen) atoms. The second-order valence-electron chi connectivity index (χ2n) is 3.22. The van der Waals surface area contributed by atoms with E-state index in [4.69, 9.17) is 5.73 Å². The number of hydrogen-bond acceptors (Lipinski definition) is 4. The Bertz CT molecular complexity index is 427. The van der Waals surface area contributed by atoms with Crippen LogP contribution in [0.5, 0.6) is 0 Å². The molecule has 0 unspecified atom stereocenters.